The summed E-state index contributed by atoms with van der Waals surface area (Å²) in [6.45, 7) is 14.4. The Bertz CT molecular complexity index is 2550. The van der Waals surface area contributed by atoms with Crippen molar-refractivity contribution < 1.29 is 38.4 Å². The van der Waals surface area contributed by atoms with Crippen molar-refractivity contribution >= 4 is 58.6 Å². The summed E-state index contributed by atoms with van der Waals surface area (Å²) in [6.07, 6.45) is 4.91. The number of amides is 8. The summed E-state index contributed by atoms with van der Waals surface area (Å²) >= 11 is 1.29. The zero-order valence-electron chi connectivity index (χ0n) is 45.4. The van der Waals surface area contributed by atoms with Gasteiger partial charge in [-0.15, -0.1) is 11.3 Å². The molecule has 0 spiro atoms. The zero-order chi connectivity index (χ0) is 54.8. The second-order valence-electron chi connectivity index (χ2n) is 22.4. The number of hydrogen-bond donors (Lipinski definition) is 8. The smallest absolute Gasteiger partial charge is 0.246 e. The Morgan fingerprint density at radius 2 is 1.15 bits per heavy atom. The lowest BCUT2D eigenvalue weighted by atomic mass is 9.85. The molecule has 2 aromatic carbocycles. The van der Waals surface area contributed by atoms with Gasteiger partial charge < -0.3 is 52.3 Å². The van der Waals surface area contributed by atoms with Crippen LogP contribution in [-0.2, 0) is 64.0 Å². The fraction of sp³-hybridized carbons (Fsp3) is 0.571. The molecule has 0 radical (unpaired) electrons. The molecular formula is C56H80N10O8S. The SMILES string of the molecule is CN[C@@H](C)C(=O)N[C@H](C(=O)N[C@@H](CNC(=O)Cc1ccc(CC(=O)N2CCN(C(=O)[C@@H](NC(=O)[C@H](C)NC)C(C)(C)C)[C@H](C(=O)N[C@@H]3CCCc4ccccc43)C2)s1)C(=O)N[C@@H]1CCCc2ccccc21)C(C)(C)C. The Morgan fingerprint density at radius 1 is 0.627 bits per heavy atom. The molecule has 3 aliphatic rings. The van der Waals surface area contributed by atoms with Gasteiger partial charge in [0, 0.05) is 29.4 Å². The third-order valence-corrected chi connectivity index (χ3v) is 15.8. The predicted molar refractivity (Wildman–Crippen MR) is 289 cm³/mol. The van der Waals surface area contributed by atoms with Crippen LogP contribution in [0, 0.1) is 10.8 Å². The van der Waals surface area contributed by atoms with Crippen molar-refractivity contribution in [1.82, 2.24) is 52.3 Å². The van der Waals surface area contributed by atoms with Gasteiger partial charge in [0.25, 0.3) is 0 Å². The van der Waals surface area contributed by atoms with Gasteiger partial charge in [-0.05, 0) is 112 Å². The number of hydrogen-bond acceptors (Lipinski definition) is 11. The summed E-state index contributed by atoms with van der Waals surface area (Å²) in [5.74, 6) is -3.23. The van der Waals surface area contributed by atoms with Crippen LogP contribution in [-0.4, -0.2) is 134 Å². The molecule has 8 atom stereocenters. The van der Waals surface area contributed by atoms with Crippen LogP contribution in [0.2, 0.25) is 0 Å². The van der Waals surface area contributed by atoms with E-state index in [9.17, 15) is 38.4 Å². The Hall–Kier alpha value is -6.18. The van der Waals surface area contributed by atoms with Crippen LogP contribution in [0.1, 0.15) is 125 Å². The normalized spacial score (nSPS) is 19.6. The van der Waals surface area contributed by atoms with E-state index in [1.54, 1.807) is 45.0 Å². The van der Waals surface area contributed by atoms with Crippen molar-refractivity contribution in [1.29, 1.82) is 0 Å². The van der Waals surface area contributed by atoms with Crippen LogP contribution in [0.5, 0.6) is 0 Å². The topological polar surface area (TPSA) is 239 Å². The van der Waals surface area contributed by atoms with Gasteiger partial charge in [0.05, 0.1) is 43.6 Å². The van der Waals surface area contributed by atoms with E-state index in [1.165, 1.54) is 16.2 Å². The number of benzene rings is 2. The first kappa shape index (κ1) is 58.1. The van der Waals surface area contributed by atoms with Crippen molar-refractivity contribution in [3.05, 3.63) is 92.7 Å². The second kappa shape index (κ2) is 25.6. The average molecular weight is 1050 g/mol. The number of rotatable bonds is 19. The van der Waals surface area contributed by atoms with Crippen LogP contribution in [0.15, 0.2) is 60.7 Å². The summed E-state index contributed by atoms with van der Waals surface area (Å²) in [4.78, 5) is 116. The predicted octanol–water partition coefficient (Wildman–Crippen LogP) is 3.14. The summed E-state index contributed by atoms with van der Waals surface area (Å²) in [5.41, 5.74) is 2.91. The molecule has 408 valence electrons. The highest BCUT2D eigenvalue weighted by Crippen LogP contribution is 2.32. The average Bonchev–Trinajstić information content (AvgIpc) is 3.82. The first-order chi connectivity index (χ1) is 35.5. The summed E-state index contributed by atoms with van der Waals surface area (Å²) in [7, 11) is 3.30. The highest BCUT2D eigenvalue weighted by atomic mass is 32.1. The standard InChI is InChI=1S/C56H80N10O8S/c1-33(57-9)49(69)63-47(55(3,4)5)53(73)62-43(51(71)60-41-23-15-19-35-17-11-13-21-39(35)41)31-59-45(67)29-37-25-26-38(75-37)30-46(68)65-27-28-66(54(74)48(56(6,7)8)64-50(70)34(2)58-10)44(32-65)52(72)61-42-24-16-20-36-18-12-14-22-40(36)42/h11-14,17-18,21-22,25-26,33-34,41-44,47-48,57-58H,15-16,19-20,23-24,27-32H2,1-10H3,(H,59,67)(H,60,71)(H,61,72)(H,62,73)(H,63,69)(H,64,70)/t33-,34-,41+,42+,43-,44-,47+,48+/m0/s1. The Balaban J connectivity index is 1.13. The van der Waals surface area contributed by atoms with Gasteiger partial charge in [-0.25, -0.2) is 0 Å². The first-order valence-electron chi connectivity index (χ1n) is 26.4. The maximum atomic E-state index is 14.6. The van der Waals surface area contributed by atoms with Crippen LogP contribution in [0.25, 0.3) is 0 Å². The van der Waals surface area contributed by atoms with E-state index < -0.39 is 70.7 Å². The Morgan fingerprint density at radius 3 is 1.69 bits per heavy atom. The number of fused-ring (bicyclic) bond motifs is 2. The fourth-order valence-electron chi connectivity index (χ4n) is 9.91. The molecule has 19 heteroatoms. The minimum atomic E-state index is -1.18. The van der Waals surface area contributed by atoms with Crippen molar-refractivity contribution in [3.8, 4) is 0 Å². The van der Waals surface area contributed by atoms with E-state index in [0.717, 1.165) is 54.4 Å². The third kappa shape index (κ3) is 15.2. The van der Waals surface area contributed by atoms with Crippen LogP contribution >= 0.6 is 11.3 Å². The molecule has 18 nitrogen and oxygen atoms in total. The molecule has 0 bridgehead atoms. The lowest BCUT2D eigenvalue weighted by molar-refractivity contribution is -0.152. The molecule has 1 aliphatic heterocycles. The van der Waals surface area contributed by atoms with E-state index >= 15 is 0 Å². The maximum Gasteiger partial charge on any atom is 0.246 e. The van der Waals surface area contributed by atoms with Gasteiger partial charge in [-0.1, -0.05) is 90.1 Å². The monoisotopic (exact) mass is 1050 g/mol. The first-order valence-corrected chi connectivity index (χ1v) is 27.2. The number of nitrogens with one attached hydrogen (secondary N) is 8. The van der Waals surface area contributed by atoms with Gasteiger partial charge in [-0.2, -0.15) is 0 Å². The minimum Gasteiger partial charge on any atom is -0.353 e. The van der Waals surface area contributed by atoms with Crippen molar-refractivity contribution in [3.63, 3.8) is 0 Å². The highest BCUT2D eigenvalue weighted by Gasteiger charge is 2.44. The molecule has 2 heterocycles. The molecule has 0 saturated carbocycles. The van der Waals surface area contributed by atoms with E-state index in [4.69, 9.17) is 0 Å². The van der Waals surface area contributed by atoms with Crippen LogP contribution < -0.4 is 42.5 Å². The molecule has 2 aliphatic carbocycles. The molecule has 1 aromatic heterocycles. The molecule has 75 heavy (non-hydrogen) atoms. The van der Waals surface area contributed by atoms with Crippen LogP contribution in [0.3, 0.4) is 0 Å². The number of thiophene rings is 1. The summed E-state index contributed by atoms with van der Waals surface area (Å²) in [6, 6.07) is 13.6. The van der Waals surface area contributed by atoms with Crippen molar-refractivity contribution in [2.75, 3.05) is 40.3 Å². The minimum absolute atomic E-state index is 0.00962. The molecule has 8 N–H and O–H groups in total. The van der Waals surface area contributed by atoms with E-state index in [1.807, 2.05) is 84.0 Å². The fourth-order valence-corrected chi connectivity index (χ4v) is 10.9. The van der Waals surface area contributed by atoms with Crippen LogP contribution in [0.4, 0.5) is 0 Å². The number of aryl methyl sites for hydroxylation is 2. The molecule has 3 aromatic rings. The lowest BCUT2D eigenvalue weighted by Crippen LogP contribution is -2.66. The number of likely N-dealkylation sites (N-methyl/N-ethyl adjacent to an activating group) is 2. The van der Waals surface area contributed by atoms with E-state index in [0.29, 0.717) is 16.2 Å². The highest BCUT2D eigenvalue weighted by molar-refractivity contribution is 7.12. The Kier molecular flexibility index (Phi) is 19.8. The molecular weight excluding hydrogens is 973 g/mol. The van der Waals surface area contributed by atoms with Crippen molar-refractivity contribution in [2.45, 2.75) is 155 Å². The third-order valence-electron chi connectivity index (χ3n) is 14.7. The Labute approximate surface area is 446 Å². The zero-order valence-corrected chi connectivity index (χ0v) is 46.3. The molecule has 0 unspecified atom stereocenters. The molecule has 1 fully saturated rings. The quantitative estimate of drug-likeness (QED) is 0.0873. The second-order valence-corrected chi connectivity index (χ2v) is 23.7. The van der Waals surface area contributed by atoms with Crippen molar-refractivity contribution in [2.24, 2.45) is 10.8 Å². The summed E-state index contributed by atoms with van der Waals surface area (Å²) in [5, 5.41) is 23.6. The van der Waals surface area contributed by atoms with Gasteiger partial charge in [0.1, 0.15) is 24.2 Å². The van der Waals surface area contributed by atoms with E-state index in [2.05, 4.69) is 48.6 Å². The molecule has 1 saturated heterocycles. The molecule has 8 amide bonds. The number of carbonyl (C=O) groups excluding carboxylic acids is 8. The number of carbonyl (C=O) groups is 8. The van der Waals surface area contributed by atoms with Gasteiger partial charge in [0.15, 0.2) is 0 Å². The van der Waals surface area contributed by atoms with Gasteiger partial charge >= 0.3 is 0 Å². The van der Waals surface area contributed by atoms with E-state index in [-0.39, 0.29) is 74.7 Å². The number of nitrogens with zero attached hydrogens (tertiary/aromatic N) is 2. The number of piperazine rings is 1. The summed E-state index contributed by atoms with van der Waals surface area (Å²) < 4.78 is 0. The molecule has 6 rings (SSSR count). The lowest BCUT2D eigenvalue weighted by Gasteiger charge is -2.44. The maximum absolute atomic E-state index is 14.6. The van der Waals surface area contributed by atoms with Gasteiger partial charge in [-0.3, -0.25) is 38.4 Å². The van der Waals surface area contributed by atoms with Gasteiger partial charge in [0.2, 0.25) is 47.3 Å². The largest absolute Gasteiger partial charge is 0.353 e.